The van der Waals surface area contributed by atoms with E-state index >= 15 is 0 Å². The number of carboxylic acid groups (broad SMARTS) is 1. The minimum Gasteiger partial charge on any atom is -0.481 e. The lowest BCUT2D eigenvalue weighted by molar-refractivity contribution is -0.136. The van der Waals surface area contributed by atoms with Crippen LogP contribution in [0.25, 0.3) is 0 Å². The van der Waals surface area contributed by atoms with E-state index in [9.17, 15) is 4.79 Å². The zero-order chi connectivity index (χ0) is 14.4. The van der Waals surface area contributed by atoms with Gasteiger partial charge in [0.25, 0.3) is 0 Å². The molecule has 110 valence electrons. The Labute approximate surface area is 120 Å². The fraction of sp³-hybridized carbons (Fsp3) is 0.562. The van der Waals surface area contributed by atoms with Crippen LogP contribution in [-0.2, 0) is 17.8 Å². The second kappa shape index (κ2) is 7.41. The molecular weight excluding hydrogens is 252 g/mol. The third kappa shape index (κ3) is 4.62. The van der Waals surface area contributed by atoms with E-state index in [1.807, 2.05) is 24.3 Å². The van der Waals surface area contributed by atoms with Crippen molar-refractivity contribution in [1.82, 2.24) is 10.2 Å². The number of hydrogen-bond acceptors (Lipinski definition) is 3. The van der Waals surface area contributed by atoms with Gasteiger partial charge < -0.3 is 10.4 Å². The van der Waals surface area contributed by atoms with Crippen molar-refractivity contribution in [3.8, 4) is 0 Å². The Morgan fingerprint density at radius 2 is 1.85 bits per heavy atom. The molecule has 1 aliphatic rings. The summed E-state index contributed by atoms with van der Waals surface area (Å²) in [6, 6.07) is 8.39. The van der Waals surface area contributed by atoms with Gasteiger partial charge in [-0.15, -0.1) is 0 Å². The smallest absolute Gasteiger partial charge is 0.307 e. The molecule has 0 aromatic heterocycles. The van der Waals surface area contributed by atoms with Crippen LogP contribution < -0.4 is 5.32 Å². The van der Waals surface area contributed by atoms with Crippen LogP contribution >= 0.6 is 0 Å². The first kappa shape index (κ1) is 15.0. The Hall–Kier alpha value is -1.39. The highest BCUT2D eigenvalue weighted by atomic mass is 16.4. The maximum atomic E-state index is 10.6. The van der Waals surface area contributed by atoms with E-state index in [2.05, 4.69) is 17.1 Å². The van der Waals surface area contributed by atoms with E-state index in [-0.39, 0.29) is 6.42 Å². The molecule has 4 nitrogen and oxygen atoms in total. The van der Waals surface area contributed by atoms with Gasteiger partial charge in [-0.1, -0.05) is 24.3 Å². The molecule has 2 rings (SSSR count). The van der Waals surface area contributed by atoms with E-state index in [4.69, 9.17) is 5.11 Å². The molecule has 1 aromatic carbocycles. The van der Waals surface area contributed by atoms with Crippen molar-refractivity contribution >= 4 is 5.97 Å². The molecule has 0 amide bonds. The summed E-state index contributed by atoms with van der Waals surface area (Å²) in [5, 5.41) is 12.2. The number of benzene rings is 1. The predicted octanol–water partition coefficient (Wildman–Crippen LogP) is 1.89. The molecule has 0 radical (unpaired) electrons. The van der Waals surface area contributed by atoms with Crippen LogP contribution in [0, 0.1) is 0 Å². The van der Waals surface area contributed by atoms with Gasteiger partial charge in [-0.3, -0.25) is 9.69 Å². The van der Waals surface area contributed by atoms with Gasteiger partial charge in [0.05, 0.1) is 6.42 Å². The molecule has 1 aliphatic heterocycles. The van der Waals surface area contributed by atoms with Crippen molar-refractivity contribution in [2.45, 2.75) is 38.8 Å². The molecule has 1 saturated heterocycles. The summed E-state index contributed by atoms with van der Waals surface area (Å²) in [6.07, 6.45) is 2.75. The second-order valence-corrected chi connectivity index (χ2v) is 5.61. The molecule has 1 fully saturated rings. The first-order chi connectivity index (χ1) is 9.65. The SMILES string of the molecule is CC(CNCc1ccc(CC(=O)O)cc1)N1CCCC1. The van der Waals surface area contributed by atoms with Crippen LogP contribution in [0.5, 0.6) is 0 Å². The van der Waals surface area contributed by atoms with Gasteiger partial charge in [0.15, 0.2) is 0 Å². The molecule has 4 heteroatoms. The number of hydrogen-bond donors (Lipinski definition) is 2. The number of aliphatic carboxylic acids is 1. The molecule has 20 heavy (non-hydrogen) atoms. The van der Waals surface area contributed by atoms with Crippen molar-refractivity contribution in [2.75, 3.05) is 19.6 Å². The highest BCUT2D eigenvalue weighted by Crippen LogP contribution is 2.11. The molecule has 1 heterocycles. The Balaban J connectivity index is 1.72. The minimum absolute atomic E-state index is 0.0969. The lowest BCUT2D eigenvalue weighted by atomic mass is 10.1. The summed E-state index contributed by atoms with van der Waals surface area (Å²) in [7, 11) is 0. The van der Waals surface area contributed by atoms with Crippen LogP contribution in [0.15, 0.2) is 24.3 Å². The normalized spacial score (nSPS) is 17.2. The molecular formula is C16H24N2O2. The summed E-state index contributed by atoms with van der Waals surface area (Å²) in [5.74, 6) is -0.782. The molecule has 0 aliphatic carbocycles. The molecule has 2 N–H and O–H groups in total. The van der Waals surface area contributed by atoms with E-state index in [0.29, 0.717) is 6.04 Å². The lowest BCUT2D eigenvalue weighted by Crippen LogP contribution is -2.38. The number of carbonyl (C=O) groups is 1. The third-order valence-corrected chi connectivity index (χ3v) is 3.91. The van der Waals surface area contributed by atoms with Crippen molar-refractivity contribution in [3.63, 3.8) is 0 Å². The minimum atomic E-state index is -0.782. The number of likely N-dealkylation sites (tertiary alicyclic amines) is 1. The van der Waals surface area contributed by atoms with Crippen molar-refractivity contribution in [2.24, 2.45) is 0 Å². The molecule has 0 saturated carbocycles. The van der Waals surface area contributed by atoms with E-state index in [1.54, 1.807) is 0 Å². The third-order valence-electron chi connectivity index (χ3n) is 3.91. The molecule has 1 aromatic rings. The van der Waals surface area contributed by atoms with Crippen LogP contribution in [0.4, 0.5) is 0 Å². The number of nitrogens with zero attached hydrogens (tertiary/aromatic N) is 1. The van der Waals surface area contributed by atoms with Crippen molar-refractivity contribution in [3.05, 3.63) is 35.4 Å². The van der Waals surface area contributed by atoms with Gasteiger partial charge in [-0.2, -0.15) is 0 Å². The first-order valence-corrected chi connectivity index (χ1v) is 7.39. The van der Waals surface area contributed by atoms with Gasteiger partial charge >= 0.3 is 5.97 Å². The second-order valence-electron chi connectivity index (χ2n) is 5.61. The van der Waals surface area contributed by atoms with Gasteiger partial charge in [0.2, 0.25) is 0 Å². The number of nitrogens with one attached hydrogen (secondary N) is 1. The van der Waals surface area contributed by atoms with Gasteiger partial charge in [-0.05, 0) is 44.0 Å². The predicted molar refractivity (Wildman–Crippen MR) is 79.8 cm³/mol. The topological polar surface area (TPSA) is 52.6 Å². The average Bonchev–Trinajstić information content (AvgIpc) is 2.94. The molecule has 1 unspecified atom stereocenters. The Kier molecular flexibility index (Phi) is 5.56. The molecule has 0 spiro atoms. The van der Waals surface area contributed by atoms with E-state index in [1.165, 1.54) is 31.5 Å². The van der Waals surface area contributed by atoms with E-state index < -0.39 is 5.97 Å². The fourth-order valence-electron chi connectivity index (χ4n) is 2.69. The van der Waals surface area contributed by atoms with Crippen LogP contribution in [0.2, 0.25) is 0 Å². The summed E-state index contributed by atoms with van der Waals surface area (Å²) in [5.41, 5.74) is 2.06. The molecule has 1 atom stereocenters. The van der Waals surface area contributed by atoms with Gasteiger partial charge in [0.1, 0.15) is 0 Å². The standard InChI is InChI=1S/C16H24N2O2/c1-13(18-8-2-3-9-18)11-17-12-15-6-4-14(5-7-15)10-16(19)20/h4-7,13,17H,2-3,8-12H2,1H3,(H,19,20). The monoisotopic (exact) mass is 276 g/mol. The number of rotatable bonds is 7. The summed E-state index contributed by atoms with van der Waals surface area (Å²) in [4.78, 5) is 13.1. The summed E-state index contributed by atoms with van der Waals surface area (Å²) in [6.45, 7) is 6.57. The van der Waals surface area contributed by atoms with Crippen LogP contribution in [-0.4, -0.2) is 41.7 Å². The Bertz CT molecular complexity index is 425. The largest absolute Gasteiger partial charge is 0.481 e. The quantitative estimate of drug-likeness (QED) is 0.798. The van der Waals surface area contributed by atoms with Crippen molar-refractivity contribution in [1.29, 1.82) is 0 Å². The Morgan fingerprint density at radius 1 is 1.25 bits per heavy atom. The van der Waals surface area contributed by atoms with Crippen molar-refractivity contribution < 1.29 is 9.90 Å². The lowest BCUT2D eigenvalue weighted by Gasteiger charge is -2.24. The Morgan fingerprint density at radius 3 is 2.45 bits per heavy atom. The number of carboxylic acids is 1. The average molecular weight is 276 g/mol. The summed E-state index contributed by atoms with van der Waals surface area (Å²) < 4.78 is 0. The highest BCUT2D eigenvalue weighted by Gasteiger charge is 2.17. The van der Waals surface area contributed by atoms with Crippen LogP contribution in [0.3, 0.4) is 0 Å². The molecule has 0 bridgehead atoms. The summed E-state index contributed by atoms with van der Waals surface area (Å²) >= 11 is 0. The fourth-order valence-corrected chi connectivity index (χ4v) is 2.69. The maximum absolute atomic E-state index is 10.6. The van der Waals surface area contributed by atoms with Gasteiger partial charge in [0, 0.05) is 19.1 Å². The zero-order valence-electron chi connectivity index (χ0n) is 12.1. The van der Waals surface area contributed by atoms with E-state index in [0.717, 1.165) is 18.7 Å². The zero-order valence-corrected chi connectivity index (χ0v) is 12.1. The maximum Gasteiger partial charge on any atom is 0.307 e. The first-order valence-electron chi connectivity index (χ1n) is 7.39. The highest BCUT2D eigenvalue weighted by molar-refractivity contribution is 5.70. The van der Waals surface area contributed by atoms with Gasteiger partial charge in [-0.25, -0.2) is 0 Å². The van der Waals surface area contributed by atoms with Crippen LogP contribution in [0.1, 0.15) is 30.9 Å².